The first-order valence-corrected chi connectivity index (χ1v) is 7.27. The quantitative estimate of drug-likeness (QED) is 0.798. The van der Waals surface area contributed by atoms with Crippen molar-refractivity contribution in [1.82, 2.24) is 0 Å². The standard InChI is InChI=1S/C17H15BrN2O/c1-13(21)20-17-9-7-16(8-10-17)19-12-15(18)11-14-5-3-2-4-6-14/h2-12H,1H3,(H,20,21)/b15-11+,19-12?. The van der Waals surface area contributed by atoms with Gasteiger partial charge in [0, 0.05) is 23.3 Å². The van der Waals surface area contributed by atoms with Gasteiger partial charge in [-0.05, 0) is 51.8 Å². The van der Waals surface area contributed by atoms with Gasteiger partial charge in [-0.15, -0.1) is 0 Å². The summed E-state index contributed by atoms with van der Waals surface area (Å²) < 4.78 is 0.889. The highest BCUT2D eigenvalue weighted by Gasteiger charge is 1.95. The molecule has 0 aliphatic carbocycles. The molecule has 0 saturated heterocycles. The first-order valence-electron chi connectivity index (χ1n) is 6.47. The number of benzene rings is 2. The lowest BCUT2D eigenvalue weighted by Gasteiger charge is -2.01. The summed E-state index contributed by atoms with van der Waals surface area (Å²) in [5.41, 5.74) is 2.69. The second-order valence-electron chi connectivity index (χ2n) is 4.43. The van der Waals surface area contributed by atoms with E-state index in [1.807, 2.05) is 60.7 Å². The van der Waals surface area contributed by atoms with Crippen LogP contribution in [0.15, 0.2) is 64.1 Å². The molecular weight excluding hydrogens is 328 g/mol. The molecule has 21 heavy (non-hydrogen) atoms. The number of carbonyl (C=O) groups excluding carboxylic acids is 1. The van der Waals surface area contributed by atoms with Crippen LogP contribution in [0.3, 0.4) is 0 Å². The summed E-state index contributed by atoms with van der Waals surface area (Å²) in [5.74, 6) is -0.0835. The molecular formula is C17H15BrN2O. The summed E-state index contributed by atoms with van der Waals surface area (Å²) in [6, 6.07) is 17.4. The predicted molar refractivity (Wildman–Crippen MR) is 92.2 cm³/mol. The van der Waals surface area contributed by atoms with Crippen molar-refractivity contribution < 1.29 is 4.79 Å². The Hall–Kier alpha value is -2.20. The summed E-state index contributed by atoms with van der Waals surface area (Å²) in [4.78, 5) is 15.3. The number of hydrogen-bond donors (Lipinski definition) is 1. The molecule has 0 radical (unpaired) electrons. The smallest absolute Gasteiger partial charge is 0.221 e. The molecule has 0 heterocycles. The lowest BCUT2D eigenvalue weighted by molar-refractivity contribution is -0.114. The SMILES string of the molecule is CC(=O)Nc1ccc(N=C/C(Br)=C\c2ccccc2)cc1. The monoisotopic (exact) mass is 342 g/mol. The van der Waals surface area contributed by atoms with Crippen molar-refractivity contribution in [3.63, 3.8) is 0 Å². The number of anilines is 1. The van der Waals surface area contributed by atoms with Crippen molar-refractivity contribution in [2.24, 2.45) is 4.99 Å². The van der Waals surface area contributed by atoms with E-state index in [1.165, 1.54) is 6.92 Å². The Morgan fingerprint density at radius 3 is 2.38 bits per heavy atom. The third kappa shape index (κ3) is 5.36. The van der Waals surface area contributed by atoms with Gasteiger partial charge in [-0.25, -0.2) is 0 Å². The summed E-state index contributed by atoms with van der Waals surface area (Å²) in [7, 11) is 0. The molecule has 0 fully saturated rings. The summed E-state index contributed by atoms with van der Waals surface area (Å²) in [6.45, 7) is 1.48. The number of halogens is 1. The molecule has 2 rings (SSSR count). The van der Waals surface area contributed by atoms with Crippen LogP contribution in [0, 0.1) is 0 Å². The number of allylic oxidation sites excluding steroid dienone is 1. The van der Waals surface area contributed by atoms with Crippen LogP contribution >= 0.6 is 15.9 Å². The van der Waals surface area contributed by atoms with Crippen LogP contribution in [0.4, 0.5) is 11.4 Å². The second kappa shape index (κ2) is 7.55. The first-order chi connectivity index (χ1) is 10.1. The Kier molecular flexibility index (Phi) is 5.46. The average Bonchev–Trinajstić information content (AvgIpc) is 2.47. The lowest BCUT2D eigenvalue weighted by atomic mass is 10.2. The number of nitrogens with one attached hydrogen (secondary N) is 1. The molecule has 4 heteroatoms. The van der Waals surface area contributed by atoms with E-state index in [-0.39, 0.29) is 5.91 Å². The molecule has 106 valence electrons. The highest BCUT2D eigenvalue weighted by atomic mass is 79.9. The van der Waals surface area contributed by atoms with E-state index in [9.17, 15) is 4.79 Å². The molecule has 3 nitrogen and oxygen atoms in total. The Morgan fingerprint density at radius 2 is 1.76 bits per heavy atom. The molecule has 0 atom stereocenters. The molecule has 2 aromatic rings. The summed E-state index contributed by atoms with van der Waals surface area (Å²) >= 11 is 3.47. The van der Waals surface area contributed by atoms with Crippen molar-refractivity contribution in [3.05, 3.63) is 64.6 Å². The van der Waals surface area contributed by atoms with Crippen LogP contribution in [0.5, 0.6) is 0 Å². The number of amides is 1. The first kappa shape index (κ1) is 15.2. The Balaban J connectivity index is 2.03. The molecule has 0 bridgehead atoms. The van der Waals surface area contributed by atoms with Crippen molar-refractivity contribution in [3.8, 4) is 0 Å². The molecule has 0 spiro atoms. The minimum Gasteiger partial charge on any atom is -0.326 e. The van der Waals surface area contributed by atoms with Crippen molar-refractivity contribution in [2.45, 2.75) is 6.92 Å². The lowest BCUT2D eigenvalue weighted by Crippen LogP contribution is -2.04. The third-order valence-electron chi connectivity index (χ3n) is 2.63. The largest absolute Gasteiger partial charge is 0.326 e. The molecule has 2 aromatic carbocycles. The van der Waals surface area contributed by atoms with Crippen LogP contribution in [-0.4, -0.2) is 12.1 Å². The highest BCUT2D eigenvalue weighted by Crippen LogP contribution is 2.17. The molecule has 1 N–H and O–H groups in total. The van der Waals surface area contributed by atoms with E-state index >= 15 is 0 Å². The Bertz CT molecular complexity index is 661. The maximum Gasteiger partial charge on any atom is 0.221 e. The minimum absolute atomic E-state index is 0.0835. The van der Waals surface area contributed by atoms with Gasteiger partial charge in [-0.1, -0.05) is 30.3 Å². The van der Waals surface area contributed by atoms with Gasteiger partial charge in [0.15, 0.2) is 0 Å². The average molecular weight is 343 g/mol. The van der Waals surface area contributed by atoms with Gasteiger partial charge >= 0.3 is 0 Å². The Morgan fingerprint density at radius 1 is 1.10 bits per heavy atom. The van der Waals surface area contributed by atoms with E-state index in [1.54, 1.807) is 6.21 Å². The zero-order valence-electron chi connectivity index (χ0n) is 11.6. The van der Waals surface area contributed by atoms with Gasteiger partial charge in [0.05, 0.1) is 5.69 Å². The van der Waals surface area contributed by atoms with Crippen LogP contribution in [0.1, 0.15) is 12.5 Å². The van der Waals surface area contributed by atoms with Crippen LogP contribution in [0.25, 0.3) is 6.08 Å². The van der Waals surface area contributed by atoms with Gasteiger partial charge in [0.25, 0.3) is 0 Å². The van der Waals surface area contributed by atoms with Gasteiger partial charge in [0.1, 0.15) is 0 Å². The molecule has 0 unspecified atom stereocenters. The summed E-state index contributed by atoms with van der Waals surface area (Å²) in [6.07, 6.45) is 3.75. The fraction of sp³-hybridized carbons (Fsp3) is 0.0588. The zero-order valence-corrected chi connectivity index (χ0v) is 13.2. The molecule has 0 aliphatic heterocycles. The fourth-order valence-electron chi connectivity index (χ4n) is 1.72. The third-order valence-corrected chi connectivity index (χ3v) is 3.06. The number of rotatable bonds is 4. The van der Waals surface area contributed by atoms with Crippen molar-refractivity contribution >= 4 is 45.5 Å². The van der Waals surface area contributed by atoms with Gasteiger partial charge in [-0.2, -0.15) is 0 Å². The van der Waals surface area contributed by atoms with Crippen molar-refractivity contribution in [2.75, 3.05) is 5.32 Å². The van der Waals surface area contributed by atoms with Crippen LogP contribution in [0.2, 0.25) is 0 Å². The van der Waals surface area contributed by atoms with E-state index < -0.39 is 0 Å². The number of nitrogens with zero attached hydrogens (tertiary/aromatic N) is 1. The second-order valence-corrected chi connectivity index (χ2v) is 5.34. The van der Waals surface area contributed by atoms with Crippen LogP contribution < -0.4 is 5.32 Å². The topological polar surface area (TPSA) is 41.5 Å². The van der Waals surface area contributed by atoms with Crippen molar-refractivity contribution in [1.29, 1.82) is 0 Å². The molecule has 0 aliphatic rings. The van der Waals surface area contributed by atoms with E-state index in [0.717, 1.165) is 21.4 Å². The molecule has 0 saturated carbocycles. The Labute approximate surface area is 132 Å². The molecule has 1 amide bonds. The minimum atomic E-state index is -0.0835. The number of hydrogen-bond acceptors (Lipinski definition) is 2. The van der Waals surface area contributed by atoms with Crippen LogP contribution in [-0.2, 0) is 4.79 Å². The van der Waals surface area contributed by atoms with E-state index in [0.29, 0.717) is 0 Å². The predicted octanol–water partition coefficient (Wildman–Crippen LogP) is 4.78. The van der Waals surface area contributed by atoms with E-state index in [2.05, 4.69) is 26.2 Å². The number of carbonyl (C=O) groups is 1. The maximum absolute atomic E-state index is 10.9. The molecule has 0 aromatic heterocycles. The normalized spacial score (nSPS) is 11.6. The van der Waals surface area contributed by atoms with Gasteiger partial charge in [0.2, 0.25) is 5.91 Å². The maximum atomic E-state index is 10.9. The zero-order chi connectivity index (χ0) is 15.1. The highest BCUT2D eigenvalue weighted by molar-refractivity contribution is 9.12. The summed E-state index contributed by atoms with van der Waals surface area (Å²) in [5, 5.41) is 2.72. The van der Waals surface area contributed by atoms with Gasteiger partial charge in [-0.3, -0.25) is 9.79 Å². The number of aliphatic imine (C=N–C) groups is 1. The van der Waals surface area contributed by atoms with Gasteiger partial charge < -0.3 is 5.32 Å². The fourth-order valence-corrected chi connectivity index (χ4v) is 2.08. The van der Waals surface area contributed by atoms with E-state index in [4.69, 9.17) is 0 Å².